The van der Waals surface area contributed by atoms with Gasteiger partial charge in [0.2, 0.25) is 0 Å². The zero-order chi connectivity index (χ0) is 12.2. The topological polar surface area (TPSA) is 40.5 Å². The van der Waals surface area contributed by atoms with E-state index in [4.69, 9.17) is 5.11 Å². The van der Waals surface area contributed by atoms with E-state index in [2.05, 4.69) is 11.9 Å². The summed E-state index contributed by atoms with van der Waals surface area (Å²) in [4.78, 5) is 13.3. The maximum absolute atomic E-state index is 10.9. The third-order valence-corrected chi connectivity index (χ3v) is 3.44. The molecular formula is C13H25NO2. The lowest BCUT2D eigenvalue weighted by Gasteiger charge is -2.20. The first kappa shape index (κ1) is 13.5. The average Bonchev–Trinajstić information content (AvgIpc) is 2.96. The molecule has 1 aliphatic rings. The summed E-state index contributed by atoms with van der Waals surface area (Å²) < 4.78 is 0. The molecule has 0 amide bonds. The van der Waals surface area contributed by atoms with Crippen LogP contribution in [0.15, 0.2) is 0 Å². The van der Waals surface area contributed by atoms with E-state index < -0.39 is 11.4 Å². The summed E-state index contributed by atoms with van der Waals surface area (Å²) in [5.74, 6) is 0.263. The molecule has 1 rings (SSSR count). The highest BCUT2D eigenvalue weighted by Crippen LogP contribution is 2.29. The van der Waals surface area contributed by atoms with Crippen LogP contribution in [0.3, 0.4) is 0 Å². The van der Waals surface area contributed by atoms with Crippen molar-refractivity contribution in [3.8, 4) is 0 Å². The van der Waals surface area contributed by atoms with Gasteiger partial charge in [0.15, 0.2) is 0 Å². The van der Waals surface area contributed by atoms with Crippen LogP contribution in [-0.2, 0) is 4.79 Å². The Kier molecular flexibility index (Phi) is 4.78. The summed E-state index contributed by atoms with van der Waals surface area (Å²) in [7, 11) is 2.17. The summed E-state index contributed by atoms with van der Waals surface area (Å²) in [6, 6.07) is 0. The zero-order valence-corrected chi connectivity index (χ0v) is 10.8. The molecule has 0 aliphatic heterocycles. The number of hydrogen-bond donors (Lipinski definition) is 1. The van der Waals surface area contributed by atoms with Gasteiger partial charge < -0.3 is 10.0 Å². The highest BCUT2D eigenvalue weighted by molar-refractivity contribution is 5.73. The lowest BCUT2D eigenvalue weighted by Crippen LogP contribution is -2.25. The Bertz CT molecular complexity index is 234. The fraction of sp³-hybridized carbons (Fsp3) is 0.923. The minimum atomic E-state index is -0.682. The van der Waals surface area contributed by atoms with Crippen molar-refractivity contribution in [3.63, 3.8) is 0 Å². The fourth-order valence-electron chi connectivity index (χ4n) is 1.89. The van der Waals surface area contributed by atoms with Crippen LogP contribution in [0.4, 0.5) is 0 Å². The van der Waals surface area contributed by atoms with E-state index in [1.54, 1.807) is 0 Å². The second kappa shape index (κ2) is 5.67. The lowest BCUT2D eigenvalue weighted by atomic mass is 9.87. The van der Waals surface area contributed by atoms with E-state index in [9.17, 15) is 4.79 Å². The highest BCUT2D eigenvalue weighted by atomic mass is 16.4. The third kappa shape index (κ3) is 4.97. The Morgan fingerprint density at radius 3 is 2.50 bits per heavy atom. The van der Waals surface area contributed by atoms with Gasteiger partial charge in [0.25, 0.3) is 0 Å². The second-order valence-electron chi connectivity index (χ2n) is 5.85. The molecule has 0 bridgehead atoms. The summed E-state index contributed by atoms with van der Waals surface area (Å²) >= 11 is 0. The van der Waals surface area contributed by atoms with E-state index in [1.165, 1.54) is 19.4 Å². The molecule has 0 aromatic heterocycles. The van der Waals surface area contributed by atoms with E-state index in [-0.39, 0.29) is 0 Å². The molecule has 16 heavy (non-hydrogen) atoms. The molecule has 0 spiro atoms. The predicted octanol–water partition coefficient (Wildman–Crippen LogP) is 2.61. The number of carbonyl (C=O) groups is 1. The number of carboxylic acids is 1. The molecule has 0 radical (unpaired) electrons. The van der Waals surface area contributed by atoms with Gasteiger partial charge in [-0.15, -0.1) is 0 Å². The number of aliphatic carboxylic acids is 1. The molecule has 0 aromatic rings. The van der Waals surface area contributed by atoms with Gasteiger partial charge in [-0.05, 0) is 59.0 Å². The van der Waals surface area contributed by atoms with Crippen molar-refractivity contribution >= 4 is 5.97 Å². The zero-order valence-electron chi connectivity index (χ0n) is 10.8. The van der Waals surface area contributed by atoms with E-state index >= 15 is 0 Å². The van der Waals surface area contributed by atoms with Crippen molar-refractivity contribution in [1.82, 2.24) is 4.90 Å². The summed E-state index contributed by atoms with van der Waals surface area (Å²) in [5, 5.41) is 8.97. The van der Waals surface area contributed by atoms with Crippen LogP contribution < -0.4 is 0 Å². The van der Waals surface area contributed by atoms with Crippen molar-refractivity contribution < 1.29 is 9.90 Å². The van der Waals surface area contributed by atoms with Gasteiger partial charge in [-0.3, -0.25) is 4.79 Å². The minimum Gasteiger partial charge on any atom is -0.481 e. The van der Waals surface area contributed by atoms with Gasteiger partial charge in [-0.1, -0.05) is 6.42 Å². The van der Waals surface area contributed by atoms with Gasteiger partial charge in [-0.25, -0.2) is 0 Å². The molecular weight excluding hydrogens is 202 g/mol. The van der Waals surface area contributed by atoms with E-state index in [0.717, 1.165) is 31.7 Å². The van der Waals surface area contributed by atoms with Gasteiger partial charge in [0.05, 0.1) is 5.41 Å². The van der Waals surface area contributed by atoms with Gasteiger partial charge in [-0.2, -0.15) is 0 Å². The smallest absolute Gasteiger partial charge is 0.309 e. The van der Waals surface area contributed by atoms with Crippen LogP contribution in [0.5, 0.6) is 0 Å². The largest absolute Gasteiger partial charge is 0.481 e. The maximum atomic E-state index is 10.9. The minimum absolute atomic E-state index is 0.560. The molecule has 0 unspecified atom stereocenters. The lowest BCUT2D eigenvalue weighted by molar-refractivity contribution is -0.147. The van der Waals surface area contributed by atoms with Crippen LogP contribution in [0, 0.1) is 11.3 Å². The van der Waals surface area contributed by atoms with Crippen LogP contribution >= 0.6 is 0 Å². The van der Waals surface area contributed by atoms with Crippen molar-refractivity contribution in [1.29, 1.82) is 0 Å². The Balaban J connectivity index is 2.04. The molecule has 3 heteroatoms. The van der Waals surface area contributed by atoms with Crippen LogP contribution in [0.25, 0.3) is 0 Å². The standard InChI is InChI=1S/C13H25NO2/c1-13(2,12(15)16)8-4-5-9-14(3)10-11-6-7-11/h11H,4-10H2,1-3H3,(H,15,16). The highest BCUT2D eigenvalue weighted by Gasteiger charge is 2.26. The van der Waals surface area contributed by atoms with Crippen LogP contribution in [0.2, 0.25) is 0 Å². The first-order valence-corrected chi connectivity index (χ1v) is 6.34. The molecule has 94 valence electrons. The quantitative estimate of drug-likeness (QED) is 0.648. The Morgan fingerprint density at radius 2 is 2.00 bits per heavy atom. The third-order valence-electron chi connectivity index (χ3n) is 3.44. The normalized spacial score (nSPS) is 16.8. The Labute approximate surface area is 98.8 Å². The number of hydrogen-bond acceptors (Lipinski definition) is 2. The summed E-state index contributed by atoms with van der Waals surface area (Å²) in [6.45, 7) is 5.95. The van der Waals surface area contributed by atoms with Gasteiger partial charge in [0, 0.05) is 6.54 Å². The molecule has 0 aromatic carbocycles. The number of nitrogens with zero attached hydrogens (tertiary/aromatic N) is 1. The average molecular weight is 227 g/mol. The summed E-state index contributed by atoms with van der Waals surface area (Å²) in [6.07, 6.45) is 5.70. The van der Waals surface area contributed by atoms with Gasteiger partial charge in [0.1, 0.15) is 0 Å². The predicted molar refractivity (Wildman–Crippen MR) is 65.5 cm³/mol. The number of rotatable bonds is 8. The molecule has 0 saturated heterocycles. The van der Waals surface area contributed by atoms with Crippen molar-refractivity contribution in [2.75, 3.05) is 20.1 Å². The van der Waals surface area contributed by atoms with E-state index in [0.29, 0.717) is 0 Å². The SMILES string of the molecule is CN(CCCCC(C)(C)C(=O)O)CC1CC1. The molecule has 1 saturated carbocycles. The Hall–Kier alpha value is -0.570. The molecule has 1 N–H and O–H groups in total. The van der Waals surface area contributed by atoms with Crippen LogP contribution in [0.1, 0.15) is 46.0 Å². The second-order valence-corrected chi connectivity index (χ2v) is 5.85. The molecule has 0 atom stereocenters. The van der Waals surface area contributed by atoms with E-state index in [1.807, 2.05) is 13.8 Å². The molecule has 3 nitrogen and oxygen atoms in total. The van der Waals surface area contributed by atoms with Crippen molar-refractivity contribution in [3.05, 3.63) is 0 Å². The first-order chi connectivity index (χ1) is 7.42. The van der Waals surface area contributed by atoms with Crippen molar-refractivity contribution in [2.24, 2.45) is 11.3 Å². The number of carboxylic acid groups (broad SMARTS) is 1. The molecule has 0 heterocycles. The molecule has 1 aliphatic carbocycles. The van der Waals surface area contributed by atoms with Crippen LogP contribution in [-0.4, -0.2) is 36.1 Å². The van der Waals surface area contributed by atoms with Gasteiger partial charge >= 0.3 is 5.97 Å². The fourth-order valence-corrected chi connectivity index (χ4v) is 1.89. The Morgan fingerprint density at radius 1 is 1.38 bits per heavy atom. The van der Waals surface area contributed by atoms with Crippen molar-refractivity contribution in [2.45, 2.75) is 46.0 Å². The first-order valence-electron chi connectivity index (χ1n) is 6.34. The number of unbranched alkanes of at least 4 members (excludes halogenated alkanes) is 1. The monoisotopic (exact) mass is 227 g/mol. The maximum Gasteiger partial charge on any atom is 0.309 e. The molecule has 1 fully saturated rings. The summed E-state index contributed by atoms with van der Waals surface area (Å²) in [5.41, 5.74) is -0.560.